The van der Waals surface area contributed by atoms with Crippen molar-refractivity contribution in [2.24, 2.45) is 0 Å². The van der Waals surface area contributed by atoms with E-state index in [0.717, 1.165) is 10.7 Å². The van der Waals surface area contributed by atoms with Crippen molar-refractivity contribution < 1.29 is 0 Å². The van der Waals surface area contributed by atoms with Gasteiger partial charge in [0.25, 0.3) is 0 Å². The molecule has 21 heavy (non-hydrogen) atoms. The fraction of sp³-hybridized carbons (Fsp3) is 0.222. The number of hydrogen-bond donors (Lipinski definition) is 0. The maximum absolute atomic E-state index is 5.02. The van der Waals surface area contributed by atoms with Gasteiger partial charge in [0.2, 0.25) is 0 Å². The molecule has 1 aromatic carbocycles. The van der Waals surface area contributed by atoms with Crippen molar-refractivity contribution in [1.82, 2.24) is 0 Å². The van der Waals surface area contributed by atoms with Gasteiger partial charge in [0.05, 0.1) is 0 Å². The lowest BCUT2D eigenvalue weighted by Gasteiger charge is -2.20. The molecular formula is C18H14Br2Si. The Balaban J connectivity index is 3.15. The molecule has 0 spiro atoms. The summed E-state index contributed by atoms with van der Waals surface area (Å²) in [6, 6.07) is 6.56. The van der Waals surface area contributed by atoms with E-state index < -0.39 is 8.07 Å². The highest BCUT2D eigenvalue weighted by atomic mass is 79.9. The molecule has 1 rings (SSSR count). The SMILES string of the molecule is C#CC#CC#CC#C[Si](C)(C)c1cc(CBr)ccc1CBr. The average molecular weight is 418 g/mol. The first-order valence-corrected chi connectivity index (χ1v) is 11.5. The molecule has 0 aliphatic heterocycles. The van der Waals surface area contributed by atoms with E-state index in [1.54, 1.807) is 0 Å². The van der Waals surface area contributed by atoms with E-state index in [4.69, 9.17) is 6.42 Å². The minimum Gasteiger partial charge on any atom is -0.112 e. The van der Waals surface area contributed by atoms with Crippen LogP contribution >= 0.6 is 31.9 Å². The van der Waals surface area contributed by atoms with Gasteiger partial charge in [-0.05, 0) is 51.8 Å². The summed E-state index contributed by atoms with van der Waals surface area (Å²) in [7, 11) is -1.86. The van der Waals surface area contributed by atoms with Gasteiger partial charge in [-0.3, -0.25) is 0 Å². The molecule has 0 radical (unpaired) electrons. The van der Waals surface area contributed by atoms with E-state index in [2.05, 4.69) is 104 Å². The first-order valence-electron chi connectivity index (χ1n) is 6.27. The van der Waals surface area contributed by atoms with Gasteiger partial charge in [-0.25, -0.2) is 0 Å². The van der Waals surface area contributed by atoms with Crippen molar-refractivity contribution in [2.45, 2.75) is 23.8 Å². The molecule has 0 fully saturated rings. The Kier molecular flexibility index (Phi) is 7.43. The maximum Gasteiger partial charge on any atom is 0.164 e. The number of rotatable bonds is 3. The van der Waals surface area contributed by atoms with Crippen molar-refractivity contribution >= 4 is 45.1 Å². The van der Waals surface area contributed by atoms with Crippen molar-refractivity contribution in [2.75, 3.05) is 0 Å². The van der Waals surface area contributed by atoms with Crippen molar-refractivity contribution in [3.05, 3.63) is 29.3 Å². The van der Waals surface area contributed by atoms with Crippen LogP contribution in [0.4, 0.5) is 0 Å². The van der Waals surface area contributed by atoms with Gasteiger partial charge in [-0.15, -0.1) is 12.0 Å². The third kappa shape index (κ3) is 5.50. The molecule has 0 unspecified atom stereocenters. The van der Waals surface area contributed by atoms with Crippen molar-refractivity contribution in [3.8, 4) is 47.5 Å². The van der Waals surface area contributed by atoms with E-state index >= 15 is 0 Å². The van der Waals surface area contributed by atoms with Crippen LogP contribution < -0.4 is 5.19 Å². The van der Waals surface area contributed by atoms with Gasteiger partial charge in [0.1, 0.15) is 0 Å². The van der Waals surface area contributed by atoms with Crippen LogP contribution in [0, 0.1) is 47.5 Å². The average Bonchev–Trinajstić information content (AvgIpc) is 2.50. The lowest BCUT2D eigenvalue weighted by atomic mass is 10.2. The first-order chi connectivity index (χ1) is 10.0. The molecule has 0 atom stereocenters. The third-order valence-electron chi connectivity index (χ3n) is 2.84. The number of terminal acetylenes is 1. The zero-order valence-corrected chi connectivity index (χ0v) is 16.2. The van der Waals surface area contributed by atoms with E-state index in [1.165, 1.54) is 16.3 Å². The van der Waals surface area contributed by atoms with Gasteiger partial charge < -0.3 is 0 Å². The number of halogens is 2. The topological polar surface area (TPSA) is 0 Å². The Bertz CT molecular complexity index is 735. The highest BCUT2D eigenvalue weighted by Gasteiger charge is 2.24. The quantitative estimate of drug-likeness (QED) is 0.400. The first kappa shape index (κ1) is 17.7. The van der Waals surface area contributed by atoms with Gasteiger partial charge in [0, 0.05) is 10.7 Å². The molecule has 0 aliphatic carbocycles. The monoisotopic (exact) mass is 416 g/mol. The van der Waals surface area contributed by atoms with Crippen LogP contribution in [0.15, 0.2) is 18.2 Å². The third-order valence-corrected chi connectivity index (χ3v) is 6.66. The molecule has 0 amide bonds. The van der Waals surface area contributed by atoms with E-state index in [1.807, 2.05) is 0 Å². The van der Waals surface area contributed by atoms with E-state index in [-0.39, 0.29) is 0 Å². The van der Waals surface area contributed by atoms with Crippen molar-refractivity contribution in [1.29, 1.82) is 0 Å². The molecule has 1 aromatic rings. The number of benzene rings is 1. The Morgan fingerprint density at radius 3 is 2.29 bits per heavy atom. The molecule has 0 heterocycles. The maximum atomic E-state index is 5.02. The lowest BCUT2D eigenvalue weighted by Crippen LogP contribution is -2.42. The summed E-state index contributed by atoms with van der Waals surface area (Å²) in [5, 5.41) is 3.03. The summed E-state index contributed by atoms with van der Waals surface area (Å²) >= 11 is 7.06. The Hall–Kier alpha value is -1.36. The fourth-order valence-corrected chi connectivity index (χ4v) is 4.92. The Labute approximate surface area is 145 Å². The molecule has 0 aromatic heterocycles. The predicted molar refractivity (Wildman–Crippen MR) is 101 cm³/mol. The minimum absolute atomic E-state index is 0.836. The van der Waals surface area contributed by atoms with Crippen LogP contribution in [-0.4, -0.2) is 8.07 Å². The smallest absolute Gasteiger partial charge is 0.112 e. The van der Waals surface area contributed by atoms with Crippen LogP contribution in [0.25, 0.3) is 0 Å². The van der Waals surface area contributed by atoms with Gasteiger partial charge in [-0.2, -0.15) is 0 Å². The van der Waals surface area contributed by atoms with E-state index in [0.29, 0.717) is 0 Å². The summed E-state index contributed by atoms with van der Waals surface area (Å²) in [5.41, 5.74) is 5.90. The second-order valence-corrected chi connectivity index (χ2v) is 9.94. The minimum atomic E-state index is -1.86. The fourth-order valence-electron chi connectivity index (χ4n) is 1.79. The van der Waals surface area contributed by atoms with E-state index in [9.17, 15) is 0 Å². The summed E-state index contributed by atoms with van der Waals surface area (Å²) < 4.78 is 0. The van der Waals surface area contributed by atoms with Crippen LogP contribution in [0.1, 0.15) is 11.1 Å². The van der Waals surface area contributed by atoms with Crippen LogP contribution in [-0.2, 0) is 10.7 Å². The summed E-state index contributed by atoms with van der Waals surface area (Å²) in [6.45, 7) is 4.46. The molecule has 0 saturated carbocycles. The largest absolute Gasteiger partial charge is 0.164 e. The van der Waals surface area contributed by atoms with Gasteiger partial charge in [-0.1, -0.05) is 63.2 Å². The van der Waals surface area contributed by atoms with Crippen molar-refractivity contribution in [3.63, 3.8) is 0 Å². The summed E-state index contributed by atoms with van der Waals surface area (Å²) in [4.78, 5) is 0. The molecule has 0 saturated heterocycles. The highest BCUT2D eigenvalue weighted by molar-refractivity contribution is 9.08. The summed E-state index contributed by atoms with van der Waals surface area (Å²) in [6.07, 6.45) is 5.02. The molecule has 0 aliphatic rings. The van der Waals surface area contributed by atoms with Gasteiger partial charge >= 0.3 is 0 Å². The normalized spacial score (nSPS) is 9.10. The lowest BCUT2D eigenvalue weighted by molar-refractivity contribution is 1.38. The molecular weight excluding hydrogens is 404 g/mol. The van der Waals surface area contributed by atoms with Crippen LogP contribution in [0.3, 0.4) is 0 Å². The molecule has 0 N–H and O–H groups in total. The molecule has 3 heteroatoms. The van der Waals surface area contributed by atoms with Gasteiger partial charge in [0.15, 0.2) is 8.07 Å². The zero-order valence-electron chi connectivity index (χ0n) is 12.0. The second kappa shape index (κ2) is 8.82. The Morgan fingerprint density at radius 2 is 1.67 bits per heavy atom. The predicted octanol–water partition coefficient (Wildman–Crippen LogP) is 3.57. The summed E-state index contributed by atoms with van der Waals surface area (Å²) in [5.74, 6) is 15.5. The standard InChI is InChI=1S/C18H14Br2Si/c1-4-5-6-7-8-9-12-21(2,3)18-13-16(14-19)10-11-17(18)15-20/h1,10-11,13H,14-15H2,2-3H3. The number of alkyl halides is 2. The highest BCUT2D eigenvalue weighted by Crippen LogP contribution is 2.14. The second-order valence-electron chi connectivity index (χ2n) is 4.78. The molecule has 0 bridgehead atoms. The molecule has 0 nitrogen and oxygen atoms in total. The number of hydrogen-bond acceptors (Lipinski definition) is 0. The zero-order chi connectivity index (χ0) is 15.7. The van der Waals surface area contributed by atoms with Crippen LogP contribution in [0.2, 0.25) is 13.1 Å². The molecule has 104 valence electrons. The van der Waals surface area contributed by atoms with Crippen LogP contribution in [0.5, 0.6) is 0 Å². The Morgan fingerprint density at radius 1 is 1.00 bits per heavy atom.